The zero-order chi connectivity index (χ0) is 18.5. The van der Waals surface area contributed by atoms with Crippen LogP contribution in [0.2, 0.25) is 5.04 Å². The monoisotopic (exact) mass is 356 g/mol. The maximum absolute atomic E-state index is 11.9. The average Bonchev–Trinajstić information content (AvgIpc) is 2.62. The number of benzene rings is 2. The molecule has 134 valence electrons. The van der Waals surface area contributed by atoms with Gasteiger partial charge in [0, 0.05) is 7.05 Å². The third kappa shape index (κ3) is 4.00. The molecule has 0 aliphatic rings. The largest absolute Gasteiger partial charge is 0.405 e. The molecule has 0 aliphatic heterocycles. The molecule has 4 nitrogen and oxygen atoms in total. The second-order valence-corrected chi connectivity index (χ2v) is 11.5. The van der Waals surface area contributed by atoms with Crippen LogP contribution in [0.1, 0.15) is 20.8 Å². The van der Waals surface area contributed by atoms with Crippen LogP contribution in [0.3, 0.4) is 0 Å². The van der Waals surface area contributed by atoms with Gasteiger partial charge >= 0.3 is 0 Å². The van der Waals surface area contributed by atoms with Crippen LogP contribution in [0.5, 0.6) is 0 Å². The van der Waals surface area contributed by atoms with E-state index in [1.807, 2.05) is 36.4 Å². The Balaban J connectivity index is 2.55. The van der Waals surface area contributed by atoms with Crippen molar-refractivity contribution in [3.05, 3.63) is 60.7 Å². The van der Waals surface area contributed by atoms with Gasteiger partial charge in [0.25, 0.3) is 8.32 Å². The first-order chi connectivity index (χ1) is 11.8. The quantitative estimate of drug-likeness (QED) is 0.774. The number of carbonyl (C=O) groups is 1. The van der Waals surface area contributed by atoms with Gasteiger partial charge in [-0.15, -0.1) is 0 Å². The lowest BCUT2D eigenvalue weighted by Crippen LogP contribution is -2.67. The molecule has 2 aromatic carbocycles. The van der Waals surface area contributed by atoms with E-state index >= 15 is 0 Å². The molecule has 0 heterocycles. The van der Waals surface area contributed by atoms with E-state index in [-0.39, 0.29) is 17.6 Å². The molecule has 0 bridgehead atoms. The Kier molecular flexibility index (Phi) is 6.16. The van der Waals surface area contributed by atoms with Gasteiger partial charge in [-0.1, -0.05) is 81.4 Å². The third-order valence-corrected chi connectivity index (χ3v) is 9.48. The van der Waals surface area contributed by atoms with Crippen molar-refractivity contribution in [2.75, 3.05) is 13.7 Å². The Labute approximate surface area is 151 Å². The number of amides is 1. The van der Waals surface area contributed by atoms with E-state index in [9.17, 15) is 4.79 Å². The van der Waals surface area contributed by atoms with Crippen molar-refractivity contribution in [2.24, 2.45) is 5.73 Å². The molecule has 0 radical (unpaired) electrons. The lowest BCUT2D eigenvalue weighted by Gasteiger charge is -2.43. The molecule has 0 spiro atoms. The van der Waals surface area contributed by atoms with Gasteiger partial charge in [-0.05, 0) is 15.4 Å². The third-order valence-electron chi connectivity index (χ3n) is 4.48. The van der Waals surface area contributed by atoms with Crippen molar-refractivity contribution in [1.29, 1.82) is 0 Å². The number of hydrogen-bond acceptors (Lipinski definition) is 3. The molecular formula is C20H28N2O2Si. The lowest BCUT2D eigenvalue weighted by molar-refractivity contribution is -0.122. The minimum Gasteiger partial charge on any atom is -0.405 e. The van der Waals surface area contributed by atoms with E-state index in [0.29, 0.717) is 0 Å². The van der Waals surface area contributed by atoms with Gasteiger partial charge in [0.2, 0.25) is 5.91 Å². The Morgan fingerprint density at radius 3 is 1.84 bits per heavy atom. The van der Waals surface area contributed by atoms with Gasteiger partial charge < -0.3 is 15.5 Å². The zero-order valence-corrected chi connectivity index (χ0v) is 16.5. The highest BCUT2D eigenvalue weighted by atomic mass is 28.4. The Morgan fingerprint density at radius 2 is 1.48 bits per heavy atom. The summed E-state index contributed by atoms with van der Waals surface area (Å²) in [5, 5.41) is 4.82. The molecule has 0 fully saturated rings. The van der Waals surface area contributed by atoms with E-state index in [1.54, 1.807) is 7.05 Å². The summed E-state index contributed by atoms with van der Waals surface area (Å²) in [6, 6.07) is 20.0. The van der Waals surface area contributed by atoms with Crippen LogP contribution < -0.4 is 21.4 Å². The fraction of sp³-hybridized carbons (Fsp3) is 0.350. The van der Waals surface area contributed by atoms with Crippen LogP contribution in [-0.2, 0) is 9.22 Å². The number of nitrogens with two attached hydrogens (primary N) is 1. The molecule has 0 saturated heterocycles. The Morgan fingerprint density at radius 1 is 1.04 bits per heavy atom. The van der Waals surface area contributed by atoms with Crippen LogP contribution >= 0.6 is 0 Å². The molecule has 25 heavy (non-hydrogen) atoms. The molecular weight excluding hydrogens is 328 g/mol. The van der Waals surface area contributed by atoms with Crippen molar-refractivity contribution in [1.82, 2.24) is 5.32 Å². The van der Waals surface area contributed by atoms with Crippen molar-refractivity contribution in [2.45, 2.75) is 31.9 Å². The van der Waals surface area contributed by atoms with E-state index in [0.717, 1.165) is 0 Å². The van der Waals surface area contributed by atoms with Crippen molar-refractivity contribution >= 4 is 24.6 Å². The van der Waals surface area contributed by atoms with Crippen LogP contribution in [0.4, 0.5) is 0 Å². The smallest absolute Gasteiger partial charge is 0.261 e. The summed E-state index contributed by atoms with van der Waals surface area (Å²) < 4.78 is 6.60. The summed E-state index contributed by atoms with van der Waals surface area (Å²) in [5.74, 6) is -0.210. The van der Waals surface area contributed by atoms with E-state index in [1.165, 1.54) is 10.4 Å². The first-order valence-corrected chi connectivity index (χ1v) is 10.5. The fourth-order valence-electron chi connectivity index (χ4n) is 3.24. The van der Waals surface area contributed by atoms with Gasteiger partial charge in [0.15, 0.2) is 0 Å². The maximum atomic E-state index is 11.9. The predicted molar refractivity (Wildman–Crippen MR) is 106 cm³/mol. The van der Waals surface area contributed by atoms with Crippen molar-refractivity contribution in [3.8, 4) is 0 Å². The highest BCUT2D eigenvalue weighted by molar-refractivity contribution is 6.99. The normalized spacial score (nSPS) is 13.3. The van der Waals surface area contributed by atoms with E-state index < -0.39 is 14.4 Å². The van der Waals surface area contributed by atoms with Crippen LogP contribution in [0.15, 0.2) is 60.7 Å². The second-order valence-electron chi connectivity index (χ2n) is 7.19. The molecule has 0 aromatic heterocycles. The van der Waals surface area contributed by atoms with Gasteiger partial charge in [-0.3, -0.25) is 4.79 Å². The van der Waals surface area contributed by atoms with Gasteiger partial charge in [-0.25, -0.2) is 0 Å². The van der Waals surface area contributed by atoms with Gasteiger partial charge in [0.1, 0.15) is 6.04 Å². The lowest BCUT2D eigenvalue weighted by atomic mass is 10.2. The molecule has 0 unspecified atom stereocenters. The Bertz CT molecular complexity index is 644. The number of hydrogen-bond donors (Lipinski definition) is 2. The van der Waals surface area contributed by atoms with E-state index in [2.05, 4.69) is 50.4 Å². The molecule has 3 N–H and O–H groups in total. The average molecular weight is 357 g/mol. The fourth-order valence-corrected chi connectivity index (χ4v) is 7.82. The number of carbonyl (C=O) groups excluding carboxylic acids is 1. The van der Waals surface area contributed by atoms with Crippen LogP contribution in [0, 0.1) is 0 Å². The van der Waals surface area contributed by atoms with Crippen molar-refractivity contribution < 1.29 is 9.22 Å². The zero-order valence-electron chi connectivity index (χ0n) is 15.5. The molecule has 1 atom stereocenters. The summed E-state index contributed by atoms with van der Waals surface area (Å²) in [5.41, 5.74) is 6.02. The second kappa shape index (κ2) is 7.95. The standard InChI is InChI=1S/C20H28N2O2Si/c1-20(2,3)25(16-11-7-5-8-12-16,17-13-9-6-10-14-17)24-15-18(21)19(23)22-4/h5-14,18H,15,21H2,1-4H3,(H,22,23)/t18-/m1/s1. The maximum Gasteiger partial charge on any atom is 0.261 e. The first kappa shape index (κ1) is 19.4. The summed E-state index contributed by atoms with van der Waals surface area (Å²) >= 11 is 0. The minimum atomic E-state index is -2.63. The van der Waals surface area contributed by atoms with E-state index in [4.69, 9.17) is 10.2 Å². The SMILES string of the molecule is CNC(=O)[C@H](N)CO[Si](c1ccccc1)(c1ccccc1)C(C)(C)C. The number of rotatable bonds is 6. The summed E-state index contributed by atoms with van der Waals surface area (Å²) in [4.78, 5) is 11.9. The topological polar surface area (TPSA) is 64.4 Å². The van der Waals surface area contributed by atoms with Gasteiger partial charge in [-0.2, -0.15) is 0 Å². The number of nitrogens with one attached hydrogen (secondary N) is 1. The summed E-state index contributed by atoms with van der Waals surface area (Å²) in [6.07, 6.45) is 0. The molecule has 5 heteroatoms. The molecule has 2 aromatic rings. The molecule has 0 saturated carbocycles. The first-order valence-electron chi connectivity index (χ1n) is 8.55. The van der Waals surface area contributed by atoms with Crippen molar-refractivity contribution in [3.63, 3.8) is 0 Å². The van der Waals surface area contributed by atoms with Gasteiger partial charge in [0.05, 0.1) is 6.61 Å². The highest BCUT2D eigenvalue weighted by Gasteiger charge is 2.50. The van der Waals surface area contributed by atoms with Crippen LogP contribution in [-0.4, -0.2) is 33.9 Å². The minimum absolute atomic E-state index is 0.127. The van der Waals surface area contributed by atoms with Crippen LogP contribution in [0.25, 0.3) is 0 Å². The molecule has 1 amide bonds. The number of likely N-dealkylation sites (N-methyl/N-ethyl adjacent to an activating group) is 1. The molecule has 0 aliphatic carbocycles. The summed E-state index contributed by atoms with van der Waals surface area (Å²) in [6.45, 7) is 6.78. The predicted octanol–water partition coefficient (Wildman–Crippen LogP) is 1.64. The Hall–Kier alpha value is -1.95. The highest BCUT2D eigenvalue weighted by Crippen LogP contribution is 2.36. The molecule has 2 rings (SSSR count). The summed E-state index contributed by atoms with van der Waals surface area (Å²) in [7, 11) is -1.04.